The minimum Gasteiger partial charge on any atom is -0.495 e. The number of carbonyl (C=O) groups is 1. The van der Waals surface area contributed by atoms with Crippen LogP contribution in [0.4, 0.5) is 0 Å². The topological polar surface area (TPSA) is 50.8 Å². The molecular formula is C17H21ClN2O3. The molecule has 0 radical (unpaired) electrons. The molecule has 1 N–H and O–H groups in total. The number of hydrogen-bond donors (Lipinski definition) is 1. The van der Waals surface area contributed by atoms with Gasteiger partial charge in [-0.1, -0.05) is 25.4 Å². The summed E-state index contributed by atoms with van der Waals surface area (Å²) in [5.74, 6) is 0.656. The molecule has 0 aromatic heterocycles. The summed E-state index contributed by atoms with van der Waals surface area (Å²) in [7, 11) is 2.94. The first-order valence-corrected chi connectivity index (χ1v) is 7.71. The lowest BCUT2D eigenvalue weighted by Gasteiger charge is -2.30. The number of hydrazine groups is 1. The zero-order chi connectivity index (χ0) is 17.0. The summed E-state index contributed by atoms with van der Waals surface area (Å²) in [4.78, 5) is 11.9. The van der Waals surface area contributed by atoms with Gasteiger partial charge in [0.1, 0.15) is 5.75 Å². The normalized spacial score (nSPS) is 14.1. The van der Waals surface area contributed by atoms with Gasteiger partial charge in [-0.25, -0.2) is 4.79 Å². The van der Waals surface area contributed by atoms with Gasteiger partial charge in [0.2, 0.25) is 0 Å². The molecule has 6 heteroatoms. The summed E-state index contributed by atoms with van der Waals surface area (Å²) < 4.78 is 10.0. The van der Waals surface area contributed by atoms with E-state index >= 15 is 0 Å². The molecule has 23 heavy (non-hydrogen) atoms. The highest BCUT2D eigenvalue weighted by atomic mass is 35.5. The first-order valence-electron chi connectivity index (χ1n) is 7.33. The Bertz CT molecular complexity index is 653. The number of methoxy groups -OCH3 is 2. The molecule has 1 heterocycles. The maximum Gasteiger partial charge on any atom is 0.339 e. The zero-order valence-electron chi connectivity index (χ0n) is 13.7. The van der Waals surface area contributed by atoms with Crippen molar-refractivity contribution in [2.24, 2.45) is 5.92 Å². The Morgan fingerprint density at radius 2 is 2.09 bits per heavy atom. The Labute approximate surface area is 141 Å². The van der Waals surface area contributed by atoms with E-state index < -0.39 is 0 Å². The second kappa shape index (κ2) is 7.42. The van der Waals surface area contributed by atoms with E-state index in [0.29, 0.717) is 22.3 Å². The van der Waals surface area contributed by atoms with Gasteiger partial charge in [0.25, 0.3) is 0 Å². The van der Waals surface area contributed by atoms with Crippen LogP contribution in [-0.4, -0.2) is 31.7 Å². The zero-order valence-corrected chi connectivity index (χ0v) is 14.5. The molecule has 1 aliphatic heterocycles. The lowest BCUT2D eigenvalue weighted by Crippen LogP contribution is -2.38. The van der Waals surface area contributed by atoms with Gasteiger partial charge in [0.15, 0.2) is 0 Å². The van der Waals surface area contributed by atoms with Crippen LogP contribution in [0.1, 0.15) is 19.4 Å². The molecule has 5 nitrogen and oxygen atoms in total. The Morgan fingerprint density at radius 3 is 2.65 bits per heavy atom. The van der Waals surface area contributed by atoms with Gasteiger partial charge in [0.05, 0.1) is 30.5 Å². The molecule has 0 spiro atoms. The molecule has 0 aliphatic carbocycles. The molecule has 1 aliphatic rings. The minimum absolute atomic E-state index is 0.377. The van der Waals surface area contributed by atoms with Gasteiger partial charge in [0, 0.05) is 18.3 Å². The van der Waals surface area contributed by atoms with E-state index in [1.54, 1.807) is 31.5 Å². The van der Waals surface area contributed by atoms with Crippen molar-refractivity contribution >= 4 is 23.3 Å². The van der Waals surface area contributed by atoms with Crippen LogP contribution in [0.25, 0.3) is 5.70 Å². The van der Waals surface area contributed by atoms with Gasteiger partial charge in [-0.15, -0.1) is 0 Å². The highest BCUT2D eigenvalue weighted by Crippen LogP contribution is 2.29. The predicted octanol–water partition coefficient (Wildman–Crippen LogP) is 3.22. The number of nitrogens with zero attached hydrogens (tertiary/aromatic N) is 1. The number of ether oxygens (including phenoxy) is 2. The monoisotopic (exact) mass is 336 g/mol. The van der Waals surface area contributed by atoms with Crippen LogP contribution in [-0.2, 0) is 9.53 Å². The van der Waals surface area contributed by atoms with Crippen molar-refractivity contribution in [1.82, 2.24) is 10.4 Å². The van der Waals surface area contributed by atoms with E-state index in [-0.39, 0.29) is 5.97 Å². The molecule has 0 bridgehead atoms. The standard InChI is InChI=1S/C17H21ClN2O3/c1-11(2)9-20-10-13(17(21)23-4)8-15(19-20)12-5-6-16(22-3)14(18)7-12/h5-8,10-11,19H,9H2,1-4H3. The van der Waals surface area contributed by atoms with E-state index in [1.807, 2.05) is 11.1 Å². The molecule has 0 saturated carbocycles. The van der Waals surface area contributed by atoms with Crippen LogP contribution < -0.4 is 10.2 Å². The number of hydrogen-bond acceptors (Lipinski definition) is 5. The predicted molar refractivity (Wildman–Crippen MR) is 90.8 cm³/mol. The third kappa shape index (κ3) is 4.20. The van der Waals surface area contributed by atoms with Crippen LogP contribution in [0.5, 0.6) is 5.75 Å². The third-order valence-electron chi connectivity index (χ3n) is 3.30. The fourth-order valence-electron chi connectivity index (χ4n) is 2.28. The van der Waals surface area contributed by atoms with Crippen LogP contribution in [0, 0.1) is 5.92 Å². The van der Waals surface area contributed by atoms with Gasteiger partial charge in [-0.05, 0) is 30.2 Å². The van der Waals surface area contributed by atoms with Crippen molar-refractivity contribution in [1.29, 1.82) is 0 Å². The molecule has 0 unspecified atom stereocenters. The largest absolute Gasteiger partial charge is 0.495 e. The van der Waals surface area contributed by atoms with Crippen LogP contribution in [0.2, 0.25) is 5.02 Å². The molecule has 0 atom stereocenters. The van der Waals surface area contributed by atoms with E-state index in [1.165, 1.54) is 7.11 Å². The first-order chi connectivity index (χ1) is 10.9. The first kappa shape index (κ1) is 17.2. The Hall–Kier alpha value is -2.14. The quantitative estimate of drug-likeness (QED) is 0.837. The van der Waals surface area contributed by atoms with Crippen molar-refractivity contribution in [3.8, 4) is 5.75 Å². The number of rotatable bonds is 5. The highest BCUT2D eigenvalue weighted by Gasteiger charge is 2.19. The molecule has 2 rings (SSSR count). The number of benzene rings is 1. The van der Waals surface area contributed by atoms with Crippen LogP contribution in [0.15, 0.2) is 36.0 Å². The van der Waals surface area contributed by atoms with Gasteiger partial charge < -0.3 is 9.47 Å². The molecule has 0 amide bonds. The van der Waals surface area contributed by atoms with Crippen molar-refractivity contribution in [2.45, 2.75) is 13.8 Å². The smallest absolute Gasteiger partial charge is 0.339 e. The number of halogens is 1. The number of nitrogens with one attached hydrogen (secondary N) is 1. The molecule has 1 aromatic rings. The van der Waals surface area contributed by atoms with Gasteiger partial charge in [-0.3, -0.25) is 10.4 Å². The summed E-state index contributed by atoms with van der Waals surface area (Å²) in [5, 5.41) is 2.39. The van der Waals surface area contributed by atoms with Crippen LogP contribution in [0.3, 0.4) is 0 Å². The second-order valence-electron chi connectivity index (χ2n) is 5.64. The highest BCUT2D eigenvalue weighted by molar-refractivity contribution is 6.32. The average Bonchev–Trinajstić information content (AvgIpc) is 2.53. The lowest BCUT2D eigenvalue weighted by atomic mass is 10.1. The average molecular weight is 337 g/mol. The Morgan fingerprint density at radius 1 is 1.35 bits per heavy atom. The minimum atomic E-state index is -0.377. The fraction of sp³-hybridized carbons (Fsp3) is 0.353. The SMILES string of the molecule is COC(=O)C1=CN(CC(C)C)NC(c2ccc(OC)c(Cl)c2)=C1. The molecule has 1 aromatic carbocycles. The van der Waals surface area contributed by atoms with Crippen molar-refractivity contribution in [3.63, 3.8) is 0 Å². The van der Waals surface area contributed by atoms with E-state index in [0.717, 1.165) is 17.8 Å². The van der Waals surface area contributed by atoms with Gasteiger partial charge >= 0.3 is 5.97 Å². The fourth-order valence-corrected chi connectivity index (χ4v) is 2.54. The summed E-state index contributed by atoms with van der Waals surface area (Å²) in [6.07, 6.45) is 3.50. The summed E-state index contributed by atoms with van der Waals surface area (Å²) in [6, 6.07) is 5.48. The summed E-state index contributed by atoms with van der Waals surface area (Å²) >= 11 is 6.20. The summed E-state index contributed by atoms with van der Waals surface area (Å²) in [6.45, 7) is 4.97. The molecule has 0 saturated heterocycles. The molecular weight excluding hydrogens is 316 g/mol. The Balaban J connectivity index is 2.36. The summed E-state index contributed by atoms with van der Waals surface area (Å²) in [5.41, 5.74) is 5.40. The third-order valence-corrected chi connectivity index (χ3v) is 3.60. The second-order valence-corrected chi connectivity index (χ2v) is 6.05. The van der Waals surface area contributed by atoms with E-state index in [9.17, 15) is 4.79 Å². The van der Waals surface area contributed by atoms with Crippen molar-refractivity contribution < 1.29 is 14.3 Å². The van der Waals surface area contributed by atoms with Gasteiger partial charge in [-0.2, -0.15) is 0 Å². The maximum atomic E-state index is 11.9. The molecule has 124 valence electrons. The number of esters is 1. The molecule has 0 fully saturated rings. The lowest BCUT2D eigenvalue weighted by molar-refractivity contribution is -0.135. The Kier molecular flexibility index (Phi) is 5.55. The van der Waals surface area contributed by atoms with E-state index in [4.69, 9.17) is 21.1 Å². The maximum absolute atomic E-state index is 11.9. The van der Waals surface area contributed by atoms with Crippen molar-refractivity contribution in [2.75, 3.05) is 20.8 Å². The van der Waals surface area contributed by atoms with E-state index in [2.05, 4.69) is 19.3 Å². The number of carbonyl (C=O) groups excluding carboxylic acids is 1. The van der Waals surface area contributed by atoms with Crippen LogP contribution >= 0.6 is 11.6 Å². The van der Waals surface area contributed by atoms with Crippen molar-refractivity contribution in [3.05, 3.63) is 46.6 Å².